The van der Waals surface area contributed by atoms with Gasteiger partial charge < -0.3 is 10.1 Å². The van der Waals surface area contributed by atoms with Gasteiger partial charge in [-0.25, -0.2) is 4.98 Å². The van der Waals surface area contributed by atoms with Crippen LogP contribution in [0.4, 0.5) is 0 Å². The molecule has 0 saturated carbocycles. The van der Waals surface area contributed by atoms with Crippen LogP contribution in [0, 0.1) is 0 Å². The predicted octanol–water partition coefficient (Wildman–Crippen LogP) is 3.49. The average Bonchev–Trinajstić information content (AvgIpc) is 2.82. The van der Waals surface area contributed by atoms with E-state index in [9.17, 15) is 0 Å². The molecule has 0 aliphatic heterocycles. The number of hydrogen-bond donors (Lipinski definition) is 1. The summed E-state index contributed by atoms with van der Waals surface area (Å²) in [4.78, 5) is 5.55. The molecule has 2 rings (SSSR count). The molecule has 0 spiro atoms. The van der Waals surface area contributed by atoms with Gasteiger partial charge in [-0.3, -0.25) is 0 Å². The van der Waals surface area contributed by atoms with E-state index < -0.39 is 0 Å². The standard InChI is InChI=1S/C13H15ClN2OS/c1-2-15-7-12-8-16-13(18-12)9-17-11-5-3-4-10(14)6-11/h3-6,8,15H,2,7,9H2,1H3. The Morgan fingerprint density at radius 2 is 2.33 bits per heavy atom. The molecule has 0 fully saturated rings. The average molecular weight is 283 g/mol. The zero-order valence-corrected chi connectivity index (χ0v) is 11.7. The van der Waals surface area contributed by atoms with Gasteiger partial charge in [0.05, 0.1) is 0 Å². The highest BCUT2D eigenvalue weighted by Gasteiger charge is 2.03. The summed E-state index contributed by atoms with van der Waals surface area (Å²) in [5.41, 5.74) is 0. The molecule has 0 aliphatic carbocycles. The molecule has 18 heavy (non-hydrogen) atoms. The van der Waals surface area contributed by atoms with E-state index in [2.05, 4.69) is 17.2 Å². The lowest BCUT2D eigenvalue weighted by Gasteiger charge is -2.03. The van der Waals surface area contributed by atoms with Gasteiger partial charge >= 0.3 is 0 Å². The van der Waals surface area contributed by atoms with Gasteiger partial charge in [-0.2, -0.15) is 0 Å². The lowest BCUT2D eigenvalue weighted by molar-refractivity contribution is 0.305. The van der Waals surface area contributed by atoms with Gasteiger partial charge in [-0.05, 0) is 24.7 Å². The van der Waals surface area contributed by atoms with E-state index in [0.717, 1.165) is 23.8 Å². The number of nitrogens with zero attached hydrogens (tertiary/aromatic N) is 1. The minimum absolute atomic E-state index is 0.483. The molecule has 1 aromatic carbocycles. The van der Waals surface area contributed by atoms with Crippen LogP contribution in [0.15, 0.2) is 30.5 Å². The fourth-order valence-electron chi connectivity index (χ4n) is 1.45. The molecule has 1 heterocycles. The SMILES string of the molecule is CCNCc1cnc(COc2cccc(Cl)c2)s1. The van der Waals surface area contributed by atoms with Crippen molar-refractivity contribution >= 4 is 22.9 Å². The van der Waals surface area contributed by atoms with Gasteiger partial charge in [0.1, 0.15) is 17.4 Å². The molecular weight excluding hydrogens is 268 g/mol. The zero-order valence-electron chi connectivity index (χ0n) is 10.1. The summed E-state index contributed by atoms with van der Waals surface area (Å²) in [6.07, 6.45) is 1.89. The molecule has 0 radical (unpaired) electrons. The van der Waals surface area contributed by atoms with Gasteiger partial charge in [0.25, 0.3) is 0 Å². The molecule has 0 atom stereocenters. The Bertz CT molecular complexity index is 501. The van der Waals surface area contributed by atoms with Crippen molar-refractivity contribution in [2.75, 3.05) is 6.54 Å². The number of rotatable bonds is 6. The van der Waals surface area contributed by atoms with Crippen molar-refractivity contribution in [3.8, 4) is 5.75 Å². The first-order chi connectivity index (χ1) is 8.78. The number of ether oxygens (including phenoxy) is 1. The second-order valence-electron chi connectivity index (χ2n) is 3.75. The highest BCUT2D eigenvalue weighted by atomic mass is 35.5. The van der Waals surface area contributed by atoms with Crippen molar-refractivity contribution in [2.45, 2.75) is 20.1 Å². The van der Waals surface area contributed by atoms with E-state index in [1.54, 1.807) is 17.4 Å². The molecule has 2 aromatic rings. The number of aromatic nitrogens is 1. The summed E-state index contributed by atoms with van der Waals surface area (Å²) < 4.78 is 5.63. The summed E-state index contributed by atoms with van der Waals surface area (Å²) in [6, 6.07) is 7.39. The number of benzene rings is 1. The highest BCUT2D eigenvalue weighted by Crippen LogP contribution is 2.20. The van der Waals surface area contributed by atoms with Gasteiger partial charge in [0.2, 0.25) is 0 Å². The third kappa shape index (κ3) is 3.98. The van der Waals surface area contributed by atoms with Crippen LogP contribution in [0.1, 0.15) is 16.8 Å². The van der Waals surface area contributed by atoms with Crippen LogP contribution < -0.4 is 10.1 Å². The van der Waals surface area contributed by atoms with Crippen molar-refractivity contribution in [3.05, 3.63) is 45.4 Å². The summed E-state index contributed by atoms with van der Waals surface area (Å²) >= 11 is 7.55. The zero-order chi connectivity index (χ0) is 12.8. The normalized spacial score (nSPS) is 10.6. The quantitative estimate of drug-likeness (QED) is 0.881. The van der Waals surface area contributed by atoms with Crippen LogP contribution >= 0.6 is 22.9 Å². The Morgan fingerprint density at radius 1 is 1.44 bits per heavy atom. The Balaban J connectivity index is 1.88. The topological polar surface area (TPSA) is 34.2 Å². The first-order valence-corrected chi connectivity index (χ1v) is 7.00. The number of thiazole rings is 1. The van der Waals surface area contributed by atoms with E-state index in [4.69, 9.17) is 16.3 Å². The van der Waals surface area contributed by atoms with Crippen molar-refractivity contribution in [2.24, 2.45) is 0 Å². The molecule has 0 aliphatic rings. The Labute approximate surface area is 116 Å². The molecule has 1 aromatic heterocycles. The molecule has 96 valence electrons. The molecule has 0 saturated heterocycles. The van der Waals surface area contributed by atoms with E-state index in [0.29, 0.717) is 11.6 Å². The van der Waals surface area contributed by atoms with Gasteiger partial charge in [0, 0.05) is 22.6 Å². The summed E-state index contributed by atoms with van der Waals surface area (Å²) in [6.45, 7) is 4.40. The number of hydrogen-bond acceptors (Lipinski definition) is 4. The largest absolute Gasteiger partial charge is 0.486 e. The number of nitrogens with one attached hydrogen (secondary N) is 1. The lowest BCUT2D eigenvalue weighted by atomic mass is 10.3. The first-order valence-electron chi connectivity index (χ1n) is 5.80. The fourth-order valence-corrected chi connectivity index (χ4v) is 2.43. The summed E-state index contributed by atoms with van der Waals surface area (Å²) in [5, 5.41) is 4.93. The first kappa shape index (κ1) is 13.3. The van der Waals surface area contributed by atoms with Crippen LogP contribution in [0.3, 0.4) is 0 Å². The van der Waals surface area contributed by atoms with Crippen LogP contribution in [0.2, 0.25) is 5.02 Å². The van der Waals surface area contributed by atoms with E-state index in [1.165, 1.54) is 4.88 Å². The third-order valence-electron chi connectivity index (χ3n) is 2.31. The Morgan fingerprint density at radius 3 is 3.11 bits per heavy atom. The number of halogens is 1. The smallest absolute Gasteiger partial charge is 0.140 e. The van der Waals surface area contributed by atoms with Gasteiger partial charge in [-0.15, -0.1) is 11.3 Å². The second-order valence-corrected chi connectivity index (χ2v) is 5.38. The van der Waals surface area contributed by atoms with E-state index in [-0.39, 0.29) is 0 Å². The second kappa shape index (κ2) is 6.73. The maximum atomic E-state index is 5.89. The molecule has 0 amide bonds. The molecule has 5 heteroatoms. The lowest BCUT2D eigenvalue weighted by Crippen LogP contribution is -2.10. The van der Waals surface area contributed by atoms with Crippen molar-refractivity contribution in [1.29, 1.82) is 0 Å². The van der Waals surface area contributed by atoms with Crippen molar-refractivity contribution < 1.29 is 4.74 Å². The fraction of sp³-hybridized carbons (Fsp3) is 0.308. The molecule has 3 nitrogen and oxygen atoms in total. The maximum Gasteiger partial charge on any atom is 0.140 e. The Kier molecular flexibility index (Phi) is 4.99. The maximum absolute atomic E-state index is 5.89. The van der Waals surface area contributed by atoms with Crippen LogP contribution in [0.5, 0.6) is 5.75 Å². The van der Waals surface area contributed by atoms with Crippen LogP contribution in [-0.2, 0) is 13.2 Å². The van der Waals surface area contributed by atoms with Crippen LogP contribution in [0.25, 0.3) is 0 Å². The van der Waals surface area contributed by atoms with Crippen molar-refractivity contribution in [3.63, 3.8) is 0 Å². The summed E-state index contributed by atoms with van der Waals surface area (Å²) in [5.74, 6) is 0.769. The van der Waals surface area contributed by atoms with Crippen molar-refractivity contribution in [1.82, 2.24) is 10.3 Å². The molecule has 0 unspecified atom stereocenters. The summed E-state index contributed by atoms with van der Waals surface area (Å²) in [7, 11) is 0. The third-order valence-corrected chi connectivity index (χ3v) is 3.51. The monoisotopic (exact) mass is 282 g/mol. The van der Waals surface area contributed by atoms with E-state index in [1.807, 2.05) is 24.4 Å². The van der Waals surface area contributed by atoms with Crippen LogP contribution in [-0.4, -0.2) is 11.5 Å². The predicted molar refractivity (Wildman–Crippen MR) is 75.3 cm³/mol. The highest BCUT2D eigenvalue weighted by molar-refractivity contribution is 7.11. The minimum atomic E-state index is 0.483. The van der Waals surface area contributed by atoms with E-state index >= 15 is 0 Å². The molecular formula is C13H15ClN2OS. The van der Waals surface area contributed by atoms with Gasteiger partial charge in [0.15, 0.2) is 0 Å². The minimum Gasteiger partial charge on any atom is -0.486 e. The van der Waals surface area contributed by atoms with Gasteiger partial charge in [-0.1, -0.05) is 24.6 Å². The molecule has 1 N–H and O–H groups in total. The Hall–Kier alpha value is -1.10. The molecule has 0 bridgehead atoms.